The van der Waals surface area contributed by atoms with Gasteiger partial charge in [0.25, 0.3) is 5.91 Å². The van der Waals surface area contributed by atoms with Gasteiger partial charge in [0, 0.05) is 17.8 Å². The monoisotopic (exact) mass is 286 g/mol. The predicted octanol–water partition coefficient (Wildman–Crippen LogP) is 3.00. The molecule has 4 heteroatoms. The number of carbonyl (C=O) groups is 1. The lowest BCUT2D eigenvalue weighted by Crippen LogP contribution is -2.26. The Kier molecular flexibility index (Phi) is 4.58. The van der Waals surface area contributed by atoms with Crippen LogP contribution >= 0.6 is 0 Å². The summed E-state index contributed by atoms with van der Waals surface area (Å²) in [5.41, 5.74) is 9.72. The topological polar surface area (TPSA) is 55.1 Å². The maximum atomic E-state index is 13.0. The largest absolute Gasteiger partial charge is 0.399 e. The molecule has 0 atom stereocenters. The highest BCUT2D eigenvalue weighted by Gasteiger charge is 2.08. The molecule has 3 N–H and O–H groups in total. The summed E-state index contributed by atoms with van der Waals surface area (Å²) >= 11 is 0. The number of hydrogen-bond donors (Lipinski definition) is 2. The van der Waals surface area contributed by atoms with Crippen molar-refractivity contribution < 1.29 is 9.18 Å². The van der Waals surface area contributed by atoms with Crippen molar-refractivity contribution in [1.82, 2.24) is 5.32 Å². The van der Waals surface area contributed by atoms with Crippen molar-refractivity contribution in [2.45, 2.75) is 20.3 Å². The molecule has 0 saturated carbocycles. The Bertz CT molecular complexity index is 668. The van der Waals surface area contributed by atoms with Crippen LogP contribution in [0.25, 0.3) is 0 Å². The smallest absolute Gasteiger partial charge is 0.251 e. The van der Waals surface area contributed by atoms with E-state index >= 15 is 0 Å². The van der Waals surface area contributed by atoms with E-state index in [2.05, 4.69) is 5.32 Å². The summed E-state index contributed by atoms with van der Waals surface area (Å²) in [6.07, 6.45) is 0.672. The van der Waals surface area contributed by atoms with E-state index in [0.29, 0.717) is 24.2 Å². The molecule has 2 rings (SSSR count). The Morgan fingerprint density at radius 1 is 1.14 bits per heavy atom. The Balaban J connectivity index is 1.95. The van der Waals surface area contributed by atoms with Crippen LogP contribution in [0.15, 0.2) is 36.4 Å². The summed E-state index contributed by atoms with van der Waals surface area (Å²) in [7, 11) is 0. The zero-order valence-corrected chi connectivity index (χ0v) is 12.2. The first kappa shape index (κ1) is 15.0. The highest BCUT2D eigenvalue weighted by atomic mass is 19.1. The highest BCUT2D eigenvalue weighted by molar-refractivity contribution is 5.96. The Morgan fingerprint density at radius 3 is 2.57 bits per heavy atom. The number of nitrogen functional groups attached to an aromatic ring is 1. The Morgan fingerprint density at radius 2 is 1.90 bits per heavy atom. The molecule has 0 aromatic heterocycles. The Labute approximate surface area is 124 Å². The lowest BCUT2D eigenvalue weighted by atomic mass is 10.0. The third kappa shape index (κ3) is 3.81. The van der Waals surface area contributed by atoms with Crippen LogP contribution in [-0.2, 0) is 6.42 Å². The van der Waals surface area contributed by atoms with Gasteiger partial charge in [-0.05, 0) is 67.3 Å². The standard InChI is InChI=1S/C17H19FN2O/c1-11-9-14(18)4-3-13(11)7-8-20-17(21)16-6-5-15(19)10-12(16)2/h3-6,9-10H,7-8,19H2,1-2H3,(H,20,21). The molecule has 0 unspecified atom stereocenters. The van der Waals surface area contributed by atoms with Gasteiger partial charge in [0.05, 0.1) is 0 Å². The van der Waals surface area contributed by atoms with Gasteiger partial charge in [0.15, 0.2) is 0 Å². The number of amides is 1. The van der Waals surface area contributed by atoms with Gasteiger partial charge < -0.3 is 11.1 Å². The first-order valence-corrected chi connectivity index (χ1v) is 6.86. The summed E-state index contributed by atoms with van der Waals surface area (Å²) in [5.74, 6) is -0.356. The number of rotatable bonds is 4. The van der Waals surface area contributed by atoms with Crippen LogP contribution in [0.3, 0.4) is 0 Å². The van der Waals surface area contributed by atoms with Crippen LogP contribution in [0.5, 0.6) is 0 Å². The van der Waals surface area contributed by atoms with E-state index in [0.717, 1.165) is 16.7 Å². The zero-order valence-electron chi connectivity index (χ0n) is 12.2. The molecule has 0 spiro atoms. The minimum atomic E-state index is -0.238. The van der Waals surface area contributed by atoms with Crippen molar-refractivity contribution in [1.29, 1.82) is 0 Å². The van der Waals surface area contributed by atoms with Crippen molar-refractivity contribution >= 4 is 11.6 Å². The van der Waals surface area contributed by atoms with Crippen LogP contribution in [0, 0.1) is 19.7 Å². The normalized spacial score (nSPS) is 10.4. The second-order valence-electron chi connectivity index (χ2n) is 5.15. The van der Waals surface area contributed by atoms with E-state index in [1.54, 1.807) is 24.3 Å². The zero-order chi connectivity index (χ0) is 15.4. The molecule has 3 nitrogen and oxygen atoms in total. The molecule has 0 radical (unpaired) electrons. The van der Waals surface area contributed by atoms with E-state index in [-0.39, 0.29) is 11.7 Å². The minimum absolute atomic E-state index is 0.118. The van der Waals surface area contributed by atoms with E-state index in [1.165, 1.54) is 12.1 Å². The average molecular weight is 286 g/mol. The number of halogens is 1. The predicted molar refractivity (Wildman–Crippen MR) is 82.8 cm³/mol. The maximum absolute atomic E-state index is 13.0. The fourth-order valence-electron chi connectivity index (χ4n) is 2.29. The molecule has 0 bridgehead atoms. The van der Waals surface area contributed by atoms with Gasteiger partial charge >= 0.3 is 0 Å². The van der Waals surface area contributed by atoms with E-state index in [4.69, 9.17) is 5.73 Å². The fraction of sp³-hybridized carbons (Fsp3) is 0.235. The van der Waals surface area contributed by atoms with Crippen LogP contribution in [0.4, 0.5) is 10.1 Å². The fourth-order valence-corrected chi connectivity index (χ4v) is 2.29. The quantitative estimate of drug-likeness (QED) is 0.849. The summed E-state index contributed by atoms with van der Waals surface area (Å²) in [4.78, 5) is 12.1. The minimum Gasteiger partial charge on any atom is -0.399 e. The number of hydrogen-bond acceptors (Lipinski definition) is 2. The van der Waals surface area contributed by atoms with Gasteiger partial charge in [-0.3, -0.25) is 4.79 Å². The lowest BCUT2D eigenvalue weighted by molar-refractivity contribution is 0.0953. The average Bonchev–Trinajstić information content (AvgIpc) is 2.41. The van der Waals surface area contributed by atoms with Gasteiger partial charge in [-0.1, -0.05) is 6.07 Å². The number of nitrogens with two attached hydrogens (primary N) is 1. The van der Waals surface area contributed by atoms with Crippen LogP contribution < -0.4 is 11.1 Å². The molecule has 0 fully saturated rings. The van der Waals surface area contributed by atoms with E-state index < -0.39 is 0 Å². The molecular weight excluding hydrogens is 267 g/mol. The van der Waals surface area contributed by atoms with Crippen molar-refractivity contribution in [2.24, 2.45) is 0 Å². The van der Waals surface area contributed by atoms with E-state index in [1.807, 2.05) is 13.8 Å². The SMILES string of the molecule is Cc1cc(F)ccc1CCNC(=O)c1ccc(N)cc1C. The third-order valence-corrected chi connectivity index (χ3v) is 3.48. The summed E-state index contributed by atoms with van der Waals surface area (Å²) in [6.45, 7) is 4.23. The lowest BCUT2D eigenvalue weighted by Gasteiger charge is -2.09. The van der Waals surface area contributed by atoms with Gasteiger partial charge in [0.1, 0.15) is 5.82 Å². The first-order valence-electron chi connectivity index (χ1n) is 6.86. The summed E-state index contributed by atoms with van der Waals surface area (Å²) in [6, 6.07) is 9.91. The molecule has 110 valence electrons. The molecule has 0 heterocycles. The molecule has 2 aromatic rings. The number of anilines is 1. The number of benzene rings is 2. The van der Waals surface area contributed by atoms with Crippen molar-refractivity contribution in [3.8, 4) is 0 Å². The molecule has 21 heavy (non-hydrogen) atoms. The molecule has 1 amide bonds. The second-order valence-corrected chi connectivity index (χ2v) is 5.15. The van der Waals surface area contributed by atoms with Gasteiger partial charge in [0.2, 0.25) is 0 Å². The molecule has 0 aliphatic rings. The van der Waals surface area contributed by atoms with Crippen molar-refractivity contribution in [3.05, 3.63) is 64.5 Å². The number of aryl methyl sites for hydroxylation is 2. The van der Waals surface area contributed by atoms with Gasteiger partial charge in [-0.15, -0.1) is 0 Å². The van der Waals surface area contributed by atoms with Gasteiger partial charge in [-0.25, -0.2) is 4.39 Å². The molecule has 0 aliphatic heterocycles. The van der Waals surface area contributed by atoms with Crippen molar-refractivity contribution in [3.63, 3.8) is 0 Å². The highest BCUT2D eigenvalue weighted by Crippen LogP contribution is 2.13. The Hall–Kier alpha value is -2.36. The maximum Gasteiger partial charge on any atom is 0.251 e. The second kappa shape index (κ2) is 6.39. The molecule has 0 saturated heterocycles. The number of nitrogens with one attached hydrogen (secondary N) is 1. The molecular formula is C17H19FN2O. The molecule has 0 aliphatic carbocycles. The van der Waals surface area contributed by atoms with Crippen molar-refractivity contribution in [2.75, 3.05) is 12.3 Å². The third-order valence-electron chi connectivity index (χ3n) is 3.48. The van der Waals surface area contributed by atoms with Crippen LogP contribution in [0.1, 0.15) is 27.0 Å². The summed E-state index contributed by atoms with van der Waals surface area (Å²) in [5, 5.41) is 2.88. The summed E-state index contributed by atoms with van der Waals surface area (Å²) < 4.78 is 13.0. The van der Waals surface area contributed by atoms with E-state index in [9.17, 15) is 9.18 Å². The van der Waals surface area contributed by atoms with Crippen LogP contribution in [-0.4, -0.2) is 12.5 Å². The van der Waals surface area contributed by atoms with Crippen LogP contribution in [0.2, 0.25) is 0 Å². The van der Waals surface area contributed by atoms with Gasteiger partial charge in [-0.2, -0.15) is 0 Å². The number of carbonyl (C=O) groups excluding carboxylic acids is 1. The molecule has 2 aromatic carbocycles. The first-order chi connectivity index (χ1) is 9.97.